The van der Waals surface area contributed by atoms with E-state index in [1.54, 1.807) is 16.4 Å². The second kappa shape index (κ2) is 7.24. The molecule has 0 bridgehead atoms. The minimum absolute atomic E-state index is 0.687. The summed E-state index contributed by atoms with van der Waals surface area (Å²) in [5.41, 5.74) is 0.896. The molecule has 0 radical (unpaired) electrons. The number of hydrogen-bond donors (Lipinski definition) is 0. The molecule has 1 fully saturated rings. The van der Waals surface area contributed by atoms with E-state index in [1.807, 2.05) is 24.3 Å². The van der Waals surface area contributed by atoms with E-state index in [4.69, 9.17) is 11.6 Å². The van der Waals surface area contributed by atoms with Gasteiger partial charge < -0.3 is 4.90 Å². The van der Waals surface area contributed by atoms with Crippen LogP contribution in [0.3, 0.4) is 0 Å². The molecule has 2 aromatic rings. The third kappa shape index (κ3) is 3.96. The normalized spacial score (nSPS) is 16.2. The van der Waals surface area contributed by atoms with Crippen molar-refractivity contribution in [3.8, 4) is 5.69 Å². The molecule has 0 amide bonds. The number of hydrogen-bond acceptors (Lipinski definition) is 5. The van der Waals surface area contributed by atoms with Gasteiger partial charge in [-0.2, -0.15) is 4.68 Å². The smallest absolute Gasteiger partial charge is 0.214 e. The van der Waals surface area contributed by atoms with Crippen LogP contribution < -0.4 is 0 Å². The Balaban J connectivity index is 1.60. The average molecular weight is 324 g/mol. The Morgan fingerprint density at radius 2 is 2.05 bits per heavy atom. The molecule has 0 unspecified atom stereocenters. The van der Waals surface area contributed by atoms with Crippen molar-refractivity contribution < 1.29 is 0 Å². The first kappa shape index (κ1) is 14.8. The van der Waals surface area contributed by atoms with Crippen LogP contribution in [0.25, 0.3) is 5.69 Å². The molecule has 2 heterocycles. The van der Waals surface area contributed by atoms with Crippen LogP contribution >= 0.6 is 23.4 Å². The van der Waals surface area contributed by atoms with Gasteiger partial charge in [-0.05, 0) is 54.6 Å². The minimum atomic E-state index is 0.687. The van der Waals surface area contributed by atoms with E-state index in [0.29, 0.717) is 5.02 Å². The predicted molar refractivity (Wildman–Crippen MR) is 85.2 cm³/mol. The molecular weight excluding hydrogens is 306 g/mol. The first-order valence-corrected chi connectivity index (χ1v) is 8.59. The fraction of sp³-hybridized carbons (Fsp3) is 0.500. The molecule has 0 aliphatic carbocycles. The van der Waals surface area contributed by atoms with Gasteiger partial charge in [-0.3, -0.25) is 0 Å². The zero-order chi connectivity index (χ0) is 14.5. The van der Waals surface area contributed by atoms with Crippen molar-refractivity contribution in [1.29, 1.82) is 0 Å². The number of thioether (sulfide) groups is 1. The SMILES string of the molecule is Clc1cccc(-n2nnnc2SCCN2CCCCC2)c1. The maximum atomic E-state index is 6.02. The first-order chi connectivity index (χ1) is 10.3. The van der Waals surface area contributed by atoms with Crippen LogP contribution in [0.4, 0.5) is 0 Å². The number of halogens is 1. The summed E-state index contributed by atoms with van der Waals surface area (Å²) in [7, 11) is 0. The van der Waals surface area contributed by atoms with Crippen molar-refractivity contribution in [2.24, 2.45) is 0 Å². The number of rotatable bonds is 5. The summed E-state index contributed by atoms with van der Waals surface area (Å²) in [4.78, 5) is 2.52. The van der Waals surface area contributed by atoms with Gasteiger partial charge in [0.1, 0.15) is 0 Å². The maximum Gasteiger partial charge on any atom is 0.214 e. The summed E-state index contributed by atoms with van der Waals surface area (Å²) in [6.45, 7) is 3.53. The Hall–Kier alpha value is -1.11. The summed E-state index contributed by atoms with van der Waals surface area (Å²) < 4.78 is 1.74. The van der Waals surface area contributed by atoms with Gasteiger partial charge in [0.15, 0.2) is 0 Å². The highest BCUT2D eigenvalue weighted by Gasteiger charge is 2.12. The van der Waals surface area contributed by atoms with Crippen LogP contribution in [-0.2, 0) is 0 Å². The Kier molecular flexibility index (Phi) is 5.11. The van der Waals surface area contributed by atoms with E-state index in [9.17, 15) is 0 Å². The predicted octanol–water partition coefficient (Wildman–Crippen LogP) is 2.89. The molecule has 1 aromatic heterocycles. The van der Waals surface area contributed by atoms with Gasteiger partial charge in [0.2, 0.25) is 5.16 Å². The summed E-state index contributed by atoms with van der Waals surface area (Å²) in [6, 6.07) is 7.57. The number of aromatic nitrogens is 4. The molecule has 1 aliphatic heterocycles. The molecule has 0 saturated carbocycles. The van der Waals surface area contributed by atoms with E-state index in [0.717, 1.165) is 23.1 Å². The summed E-state index contributed by atoms with van der Waals surface area (Å²) in [6.07, 6.45) is 4.02. The van der Waals surface area contributed by atoms with Crippen LogP contribution in [0.15, 0.2) is 29.4 Å². The molecule has 1 saturated heterocycles. The number of nitrogens with zero attached hydrogens (tertiary/aromatic N) is 5. The molecule has 112 valence electrons. The molecule has 1 aliphatic rings. The maximum absolute atomic E-state index is 6.02. The fourth-order valence-electron chi connectivity index (χ4n) is 2.49. The van der Waals surface area contributed by atoms with Crippen LogP contribution in [0.2, 0.25) is 5.02 Å². The van der Waals surface area contributed by atoms with E-state index in [-0.39, 0.29) is 0 Å². The van der Waals surface area contributed by atoms with E-state index in [1.165, 1.54) is 32.4 Å². The highest BCUT2D eigenvalue weighted by atomic mass is 35.5. The lowest BCUT2D eigenvalue weighted by Gasteiger charge is -2.25. The molecular formula is C14H18ClN5S. The van der Waals surface area contributed by atoms with Crippen LogP contribution in [0, 0.1) is 0 Å². The van der Waals surface area contributed by atoms with Crippen molar-refractivity contribution >= 4 is 23.4 Å². The number of piperidine rings is 1. The third-order valence-electron chi connectivity index (χ3n) is 3.58. The highest BCUT2D eigenvalue weighted by molar-refractivity contribution is 7.99. The number of benzene rings is 1. The molecule has 1 aromatic carbocycles. The lowest BCUT2D eigenvalue weighted by molar-refractivity contribution is 0.242. The zero-order valence-electron chi connectivity index (χ0n) is 11.8. The summed E-state index contributed by atoms with van der Waals surface area (Å²) in [5.74, 6) is 1.00. The lowest BCUT2D eigenvalue weighted by Crippen LogP contribution is -2.31. The van der Waals surface area contributed by atoms with Gasteiger partial charge in [-0.1, -0.05) is 35.9 Å². The van der Waals surface area contributed by atoms with Crippen LogP contribution in [0.1, 0.15) is 19.3 Å². The van der Waals surface area contributed by atoms with Gasteiger partial charge in [-0.15, -0.1) is 5.10 Å². The van der Waals surface area contributed by atoms with Gasteiger partial charge in [0.25, 0.3) is 0 Å². The largest absolute Gasteiger partial charge is 0.303 e. The van der Waals surface area contributed by atoms with Crippen molar-refractivity contribution in [2.45, 2.75) is 24.4 Å². The quantitative estimate of drug-likeness (QED) is 0.792. The molecule has 0 spiro atoms. The van der Waals surface area contributed by atoms with Crippen molar-refractivity contribution in [1.82, 2.24) is 25.1 Å². The fourth-order valence-corrected chi connectivity index (χ4v) is 3.56. The molecule has 0 atom stereocenters. The van der Waals surface area contributed by atoms with E-state index < -0.39 is 0 Å². The van der Waals surface area contributed by atoms with Crippen molar-refractivity contribution in [3.05, 3.63) is 29.3 Å². The zero-order valence-corrected chi connectivity index (χ0v) is 13.4. The van der Waals surface area contributed by atoms with Crippen LogP contribution in [0.5, 0.6) is 0 Å². The van der Waals surface area contributed by atoms with E-state index >= 15 is 0 Å². The Morgan fingerprint density at radius 1 is 1.19 bits per heavy atom. The first-order valence-electron chi connectivity index (χ1n) is 7.22. The lowest BCUT2D eigenvalue weighted by atomic mass is 10.1. The summed E-state index contributed by atoms with van der Waals surface area (Å²) >= 11 is 7.71. The van der Waals surface area contributed by atoms with Crippen molar-refractivity contribution in [2.75, 3.05) is 25.4 Å². The topological polar surface area (TPSA) is 46.8 Å². The van der Waals surface area contributed by atoms with Crippen molar-refractivity contribution in [3.63, 3.8) is 0 Å². The standard InChI is InChI=1S/C14H18ClN5S/c15-12-5-4-6-13(11-12)20-14(16-17-18-20)21-10-9-19-7-2-1-3-8-19/h4-6,11H,1-3,7-10H2. The third-order valence-corrected chi connectivity index (χ3v) is 4.72. The van der Waals surface area contributed by atoms with Gasteiger partial charge in [0, 0.05) is 17.3 Å². The van der Waals surface area contributed by atoms with Gasteiger partial charge in [0.05, 0.1) is 5.69 Å². The van der Waals surface area contributed by atoms with E-state index in [2.05, 4.69) is 20.4 Å². The molecule has 0 N–H and O–H groups in total. The second-order valence-electron chi connectivity index (χ2n) is 5.10. The summed E-state index contributed by atoms with van der Waals surface area (Å²) in [5, 5.41) is 13.4. The molecule has 7 heteroatoms. The average Bonchev–Trinajstić information content (AvgIpc) is 2.97. The molecule has 5 nitrogen and oxygen atoms in total. The second-order valence-corrected chi connectivity index (χ2v) is 6.60. The Morgan fingerprint density at radius 3 is 2.86 bits per heavy atom. The highest BCUT2D eigenvalue weighted by Crippen LogP contribution is 2.21. The van der Waals surface area contributed by atoms with Gasteiger partial charge >= 0.3 is 0 Å². The number of tetrazole rings is 1. The Labute approximate surface area is 133 Å². The molecule has 3 rings (SSSR count). The number of likely N-dealkylation sites (tertiary alicyclic amines) is 1. The van der Waals surface area contributed by atoms with Gasteiger partial charge in [-0.25, -0.2) is 0 Å². The van der Waals surface area contributed by atoms with Crippen LogP contribution in [-0.4, -0.2) is 50.5 Å². The Bertz CT molecular complexity index is 582. The molecule has 21 heavy (non-hydrogen) atoms. The minimum Gasteiger partial charge on any atom is -0.303 e. The monoisotopic (exact) mass is 323 g/mol.